The molecule has 19 heavy (non-hydrogen) atoms. The number of phenols is 1. The number of hydrogen-bond acceptors (Lipinski definition) is 3. The molecular formula is C16H21NO2. The number of rotatable bonds is 4. The number of piperidine rings is 1. The predicted octanol–water partition coefficient (Wildman–Crippen LogP) is 2.42. The quantitative estimate of drug-likeness (QED) is 0.873. The van der Waals surface area contributed by atoms with Crippen LogP contribution in [0.2, 0.25) is 0 Å². The van der Waals surface area contributed by atoms with Gasteiger partial charge in [0.2, 0.25) is 0 Å². The van der Waals surface area contributed by atoms with Gasteiger partial charge in [-0.15, -0.1) is 0 Å². The number of carbonyl (C=O) groups is 1. The third-order valence-electron chi connectivity index (χ3n) is 4.42. The number of benzene rings is 1. The molecule has 3 nitrogen and oxygen atoms in total. The lowest BCUT2D eigenvalue weighted by Gasteiger charge is -2.28. The van der Waals surface area contributed by atoms with Crippen molar-refractivity contribution in [2.45, 2.75) is 50.6 Å². The lowest BCUT2D eigenvalue weighted by atomic mass is 9.87. The molecule has 0 amide bonds. The summed E-state index contributed by atoms with van der Waals surface area (Å²) >= 11 is 0. The predicted molar refractivity (Wildman–Crippen MR) is 74.1 cm³/mol. The molecule has 2 aliphatic rings. The summed E-state index contributed by atoms with van der Waals surface area (Å²) in [5.41, 5.74) is 1.000. The van der Waals surface area contributed by atoms with Gasteiger partial charge in [0.05, 0.1) is 0 Å². The van der Waals surface area contributed by atoms with Gasteiger partial charge in [-0.25, -0.2) is 0 Å². The fraction of sp³-hybridized carbons (Fsp3) is 0.562. The van der Waals surface area contributed by atoms with Gasteiger partial charge in [0.1, 0.15) is 11.5 Å². The Labute approximate surface area is 114 Å². The summed E-state index contributed by atoms with van der Waals surface area (Å²) in [6.07, 6.45) is 6.12. The van der Waals surface area contributed by atoms with E-state index in [2.05, 4.69) is 5.32 Å². The van der Waals surface area contributed by atoms with Crippen LogP contribution < -0.4 is 5.32 Å². The summed E-state index contributed by atoms with van der Waals surface area (Å²) < 4.78 is 0. The first-order valence-corrected chi connectivity index (χ1v) is 7.24. The standard InChI is InChI=1S/C16H21NO2/c18-15-5-1-11(2-6-15)9-16(19)10-12-7-13-3-4-14(8-12)17-13/h1-2,5-6,12-14,17-18H,3-4,7-10H2. The van der Waals surface area contributed by atoms with Crippen molar-refractivity contribution in [1.29, 1.82) is 0 Å². The van der Waals surface area contributed by atoms with Crippen LogP contribution in [0.15, 0.2) is 24.3 Å². The molecule has 2 unspecified atom stereocenters. The van der Waals surface area contributed by atoms with Crippen molar-refractivity contribution in [3.05, 3.63) is 29.8 Å². The van der Waals surface area contributed by atoms with Gasteiger partial charge in [-0.3, -0.25) is 4.79 Å². The van der Waals surface area contributed by atoms with Crippen LogP contribution in [-0.4, -0.2) is 23.0 Å². The highest BCUT2D eigenvalue weighted by Crippen LogP contribution is 2.32. The number of carbonyl (C=O) groups excluding carboxylic acids is 1. The Morgan fingerprint density at radius 2 is 1.79 bits per heavy atom. The SMILES string of the molecule is O=C(Cc1ccc(O)cc1)CC1CC2CCC(C1)N2. The van der Waals surface area contributed by atoms with Gasteiger partial charge in [-0.05, 0) is 49.3 Å². The monoisotopic (exact) mass is 259 g/mol. The highest BCUT2D eigenvalue weighted by molar-refractivity contribution is 5.81. The Morgan fingerprint density at radius 1 is 1.16 bits per heavy atom. The van der Waals surface area contributed by atoms with Crippen LogP contribution >= 0.6 is 0 Å². The van der Waals surface area contributed by atoms with Crippen LogP contribution in [0, 0.1) is 5.92 Å². The van der Waals surface area contributed by atoms with Crippen LogP contribution in [0.25, 0.3) is 0 Å². The fourth-order valence-electron chi connectivity index (χ4n) is 3.58. The maximum atomic E-state index is 12.1. The second-order valence-electron chi connectivity index (χ2n) is 6.06. The highest BCUT2D eigenvalue weighted by Gasteiger charge is 2.33. The van der Waals surface area contributed by atoms with E-state index in [9.17, 15) is 9.90 Å². The van der Waals surface area contributed by atoms with Crippen molar-refractivity contribution in [3.63, 3.8) is 0 Å². The average Bonchev–Trinajstić information content (AvgIpc) is 2.72. The molecule has 2 heterocycles. The van der Waals surface area contributed by atoms with Gasteiger partial charge >= 0.3 is 0 Å². The van der Waals surface area contributed by atoms with Crippen LogP contribution in [-0.2, 0) is 11.2 Å². The number of Topliss-reactive ketones (excluding diaryl/α,β-unsaturated/α-hetero) is 1. The van der Waals surface area contributed by atoms with Gasteiger partial charge < -0.3 is 10.4 Å². The molecule has 3 heteroatoms. The number of fused-ring (bicyclic) bond motifs is 2. The second-order valence-corrected chi connectivity index (χ2v) is 6.06. The summed E-state index contributed by atoms with van der Waals surface area (Å²) in [7, 11) is 0. The van der Waals surface area contributed by atoms with E-state index in [0.717, 1.165) is 24.8 Å². The summed E-state index contributed by atoms with van der Waals surface area (Å²) in [5.74, 6) is 1.16. The average molecular weight is 259 g/mol. The van der Waals surface area contributed by atoms with Crippen LogP contribution in [0.3, 0.4) is 0 Å². The summed E-state index contributed by atoms with van der Waals surface area (Å²) in [5, 5.41) is 12.8. The molecule has 2 aliphatic heterocycles. The molecular weight excluding hydrogens is 238 g/mol. The third-order valence-corrected chi connectivity index (χ3v) is 4.42. The van der Waals surface area contributed by atoms with Crippen molar-refractivity contribution in [3.8, 4) is 5.75 Å². The van der Waals surface area contributed by atoms with E-state index in [1.807, 2.05) is 12.1 Å². The Bertz CT molecular complexity index is 442. The van der Waals surface area contributed by atoms with E-state index in [-0.39, 0.29) is 5.75 Å². The number of nitrogens with one attached hydrogen (secondary N) is 1. The molecule has 2 atom stereocenters. The largest absolute Gasteiger partial charge is 0.508 e. The molecule has 2 bridgehead atoms. The molecule has 0 saturated carbocycles. The van der Waals surface area contributed by atoms with E-state index < -0.39 is 0 Å². The van der Waals surface area contributed by atoms with Crippen LogP contribution in [0.1, 0.15) is 37.7 Å². The number of ketones is 1. The fourth-order valence-corrected chi connectivity index (χ4v) is 3.58. The van der Waals surface area contributed by atoms with Gasteiger partial charge in [-0.1, -0.05) is 12.1 Å². The van der Waals surface area contributed by atoms with Gasteiger partial charge in [-0.2, -0.15) is 0 Å². The Hall–Kier alpha value is -1.35. The lowest BCUT2D eigenvalue weighted by Crippen LogP contribution is -2.38. The summed E-state index contributed by atoms with van der Waals surface area (Å²) in [4.78, 5) is 12.1. The van der Waals surface area contributed by atoms with Gasteiger partial charge in [0, 0.05) is 24.9 Å². The third kappa shape index (κ3) is 3.16. The first-order valence-electron chi connectivity index (χ1n) is 7.24. The van der Waals surface area contributed by atoms with E-state index in [4.69, 9.17) is 0 Å². The first kappa shape index (κ1) is 12.7. The molecule has 1 aromatic rings. The molecule has 0 radical (unpaired) electrons. The van der Waals surface area contributed by atoms with E-state index >= 15 is 0 Å². The van der Waals surface area contributed by atoms with Gasteiger partial charge in [0.15, 0.2) is 0 Å². The number of aromatic hydroxyl groups is 1. The maximum Gasteiger partial charge on any atom is 0.137 e. The van der Waals surface area contributed by atoms with Crippen molar-refractivity contribution in [1.82, 2.24) is 5.32 Å². The van der Waals surface area contributed by atoms with E-state index in [1.54, 1.807) is 12.1 Å². The van der Waals surface area contributed by atoms with Gasteiger partial charge in [0.25, 0.3) is 0 Å². The zero-order chi connectivity index (χ0) is 13.2. The molecule has 2 saturated heterocycles. The lowest BCUT2D eigenvalue weighted by molar-refractivity contribution is -0.119. The van der Waals surface area contributed by atoms with Crippen LogP contribution in [0.5, 0.6) is 5.75 Å². The van der Waals surface area contributed by atoms with Crippen molar-refractivity contribution >= 4 is 5.78 Å². The summed E-state index contributed by atoms with van der Waals surface area (Å²) in [6, 6.07) is 8.27. The molecule has 2 fully saturated rings. The van der Waals surface area contributed by atoms with Crippen molar-refractivity contribution in [2.75, 3.05) is 0 Å². The van der Waals surface area contributed by atoms with Crippen molar-refractivity contribution in [2.24, 2.45) is 5.92 Å². The molecule has 102 valence electrons. The molecule has 2 N–H and O–H groups in total. The van der Waals surface area contributed by atoms with E-state index in [0.29, 0.717) is 30.2 Å². The highest BCUT2D eigenvalue weighted by atomic mass is 16.3. The topological polar surface area (TPSA) is 49.3 Å². The first-order chi connectivity index (χ1) is 9.19. The smallest absolute Gasteiger partial charge is 0.137 e. The maximum absolute atomic E-state index is 12.1. The molecule has 1 aromatic carbocycles. The number of phenolic OH excluding ortho intramolecular Hbond substituents is 1. The minimum Gasteiger partial charge on any atom is -0.508 e. The Kier molecular flexibility index (Phi) is 3.56. The molecule has 0 aromatic heterocycles. The molecule has 0 spiro atoms. The van der Waals surface area contributed by atoms with Crippen LogP contribution in [0.4, 0.5) is 0 Å². The second kappa shape index (κ2) is 5.33. The zero-order valence-corrected chi connectivity index (χ0v) is 11.1. The Morgan fingerprint density at radius 3 is 2.42 bits per heavy atom. The van der Waals surface area contributed by atoms with Crippen molar-refractivity contribution < 1.29 is 9.90 Å². The zero-order valence-electron chi connectivity index (χ0n) is 11.1. The minimum atomic E-state index is 0.256. The number of hydrogen-bond donors (Lipinski definition) is 2. The summed E-state index contributed by atoms with van der Waals surface area (Å²) in [6.45, 7) is 0. The molecule has 3 rings (SSSR count). The molecule has 0 aliphatic carbocycles. The normalized spacial score (nSPS) is 29.4. The minimum absolute atomic E-state index is 0.256. The Balaban J connectivity index is 1.52. The van der Waals surface area contributed by atoms with E-state index in [1.165, 1.54) is 12.8 Å².